The molecule has 0 bridgehead atoms. The highest BCUT2D eigenvalue weighted by molar-refractivity contribution is 7.88. The third-order valence-electron chi connectivity index (χ3n) is 2.34. The second-order valence-electron chi connectivity index (χ2n) is 4.54. The van der Waals surface area contributed by atoms with E-state index in [4.69, 9.17) is 16.3 Å². The van der Waals surface area contributed by atoms with Crippen LogP contribution in [-0.4, -0.2) is 33.0 Å². The molecule has 0 radical (unpaired) electrons. The van der Waals surface area contributed by atoms with Crippen molar-refractivity contribution in [3.05, 3.63) is 0 Å². The molecular weight excluding hydrogens is 292 g/mol. The highest BCUT2D eigenvalue weighted by Gasteiger charge is 2.18. The molecule has 0 aromatic rings. The number of nitrogens with one attached hydrogen (secondary N) is 2. The number of alkyl halides is 1. The zero-order valence-electron chi connectivity index (χ0n) is 11.6. The molecule has 19 heavy (non-hydrogen) atoms. The van der Waals surface area contributed by atoms with Crippen molar-refractivity contribution in [3.8, 4) is 0 Å². The van der Waals surface area contributed by atoms with Gasteiger partial charge in [-0.25, -0.2) is 9.52 Å². The predicted molar refractivity (Wildman–Crippen MR) is 75.4 cm³/mol. The van der Waals surface area contributed by atoms with Gasteiger partial charge in [0.2, 0.25) is 0 Å². The molecule has 0 saturated heterocycles. The standard InChI is InChI=1S/C11H23ClN2O4S/c1-4-5-10(6-7-12)8-13-19(16,17)14-11(15)18-9(2)3/h9-10,13H,4-8H2,1-3H3,(H,14,15). The summed E-state index contributed by atoms with van der Waals surface area (Å²) in [7, 11) is -3.88. The van der Waals surface area contributed by atoms with Crippen molar-refractivity contribution in [2.75, 3.05) is 12.4 Å². The molecule has 1 atom stereocenters. The Morgan fingerprint density at radius 1 is 1.32 bits per heavy atom. The van der Waals surface area contributed by atoms with E-state index in [1.54, 1.807) is 18.6 Å². The van der Waals surface area contributed by atoms with E-state index in [2.05, 4.69) is 4.72 Å². The molecule has 0 aliphatic carbocycles. The van der Waals surface area contributed by atoms with Gasteiger partial charge in [-0.3, -0.25) is 0 Å². The molecule has 6 nitrogen and oxygen atoms in total. The number of halogens is 1. The smallest absolute Gasteiger partial charge is 0.422 e. The average molecular weight is 315 g/mol. The second-order valence-corrected chi connectivity index (χ2v) is 6.42. The Labute approximate surface area is 120 Å². The monoisotopic (exact) mass is 314 g/mol. The van der Waals surface area contributed by atoms with Crippen LogP contribution in [0.25, 0.3) is 0 Å². The zero-order chi connectivity index (χ0) is 14.9. The fraction of sp³-hybridized carbons (Fsp3) is 0.909. The number of rotatable bonds is 9. The average Bonchev–Trinajstić information content (AvgIpc) is 2.24. The summed E-state index contributed by atoms with van der Waals surface area (Å²) in [5.41, 5.74) is 0. The van der Waals surface area contributed by atoms with Gasteiger partial charge in [0.1, 0.15) is 0 Å². The summed E-state index contributed by atoms with van der Waals surface area (Å²) in [6, 6.07) is 0. The Morgan fingerprint density at radius 2 is 1.95 bits per heavy atom. The van der Waals surface area contributed by atoms with Gasteiger partial charge in [-0.1, -0.05) is 13.3 Å². The number of carbonyl (C=O) groups excluding carboxylic acids is 1. The summed E-state index contributed by atoms with van der Waals surface area (Å²) in [4.78, 5) is 11.2. The first kappa shape index (κ1) is 18.5. The van der Waals surface area contributed by atoms with Gasteiger partial charge in [0.15, 0.2) is 0 Å². The van der Waals surface area contributed by atoms with Crippen LogP contribution >= 0.6 is 11.6 Å². The van der Waals surface area contributed by atoms with Crippen LogP contribution in [0.4, 0.5) is 4.79 Å². The topological polar surface area (TPSA) is 84.5 Å². The van der Waals surface area contributed by atoms with Crippen LogP contribution in [0.1, 0.15) is 40.0 Å². The van der Waals surface area contributed by atoms with Crippen LogP contribution < -0.4 is 9.44 Å². The molecule has 1 unspecified atom stereocenters. The van der Waals surface area contributed by atoms with Crippen molar-refractivity contribution in [2.45, 2.75) is 46.1 Å². The highest BCUT2D eigenvalue weighted by atomic mass is 35.5. The first-order valence-electron chi connectivity index (χ1n) is 6.34. The highest BCUT2D eigenvalue weighted by Crippen LogP contribution is 2.11. The lowest BCUT2D eigenvalue weighted by Gasteiger charge is -2.16. The van der Waals surface area contributed by atoms with Gasteiger partial charge in [0.05, 0.1) is 6.10 Å². The molecular formula is C11H23ClN2O4S. The van der Waals surface area contributed by atoms with Crippen molar-refractivity contribution in [2.24, 2.45) is 5.92 Å². The summed E-state index contributed by atoms with van der Waals surface area (Å²) in [6.07, 6.45) is 1.21. The molecule has 0 spiro atoms. The molecule has 0 aliphatic heterocycles. The van der Waals surface area contributed by atoms with Crippen LogP contribution in [0.2, 0.25) is 0 Å². The first-order valence-corrected chi connectivity index (χ1v) is 8.36. The molecule has 0 fully saturated rings. The van der Waals surface area contributed by atoms with Crippen molar-refractivity contribution >= 4 is 27.9 Å². The van der Waals surface area contributed by atoms with E-state index in [1.165, 1.54) is 0 Å². The Balaban J connectivity index is 4.24. The summed E-state index contributed by atoms with van der Waals surface area (Å²) in [6.45, 7) is 5.55. The molecule has 2 N–H and O–H groups in total. The number of amides is 1. The quantitative estimate of drug-likeness (QED) is 0.637. The lowest BCUT2D eigenvalue weighted by atomic mass is 10.0. The molecule has 1 amide bonds. The molecule has 0 aromatic carbocycles. The molecule has 0 saturated carbocycles. The maximum Gasteiger partial charge on any atom is 0.422 e. The van der Waals surface area contributed by atoms with E-state index in [0.29, 0.717) is 5.88 Å². The van der Waals surface area contributed by atoms with Gasteiger partial charge >= 0.3 is 16.3 Å². The van der Waals surface area contributed by atoms with Crippen molar-refractivity contribution in [3.63, 3.8) is 0 Å². The summed E-state index contributed by atoms with van der Waals surface area (Å²) >= 11 is 5.66. The second kappa shape index (κ2) is 9.39. The lowest BCUT2D eigenvalue weighted by Crippen LogP contribution is -2.43. The van der Waals surface area contributed by atoms with Crippen molar-refractivity contribution < 1.29 is 17.9 Å². The zero-order valence-corrected chi connectivity index (χ0v) is 13.2. The van der Waals surface area contributed by atoms with Crippen LogP contribution in [-0.2, 0) is 14.9 Å². The van der Waals surface area contributed by atoms with Gasteiger partial charge in [-0.05, 0) is 32.6 Å². The SMILES string of the molecule is CCCC(CCCl)CNS(=O)(=O)NC(=O)OC(C)C. The molecule has 114 valence electrons. The normalized spacial score (nSPS) is 13.3. The minimum absolute atomic E-state index is 0.167. The molecule has 0 rings (SSSR count). The largest absolute Gasteiger partial charge is 0.446 e. The number of hydrogen-bond donors (Lipinski definition) is 2. The minimum atomic E-state index is -3.88. The Morgan fingerprint density at radius 3 is 2.42 bits per heavy atom. The maximum atomic E-state index is 11.6. The summed E-state index contributed by atoms with van der Waals surface area (Å²) in [5.74, 6) is 0.648. The van der Waals surface area contributed by atoms with E-state index in [9.17, 15) is 13.2 Å². The van der Waals surface area contributed by atoms with Gasteiger partial charge in [-0.15, -0.1) is 11.6 Å². The Hall–Kier alpha value is -0.530. The molecule has 0 heterocycles. The molecule has 0 aromatic heterocycles. The lowest BCUT2D eigenvalue weighted by molar-refractivity contribution is 0.121. The number of ether oxygens (including phenoxy) is 1. The molecule has 8 heteroatoms. The Kier molecular flexibility index (Phi) is 9.12. The number of hydrogen-bond acceptors (Lipinski definition) is 4. The maximum absolute atomic E-state index is 11.6. The van der Waals surface area contributed by atoms with Crippen molar-refractivity contribution in [1.29, 1.82) is 0 Å². The number of carbonyl (C=O) groups is 1. The third kappa shape index (κ3) is 9.98. The fourth-order valence-corrected chi connectivity index (χ4v) is 2.63. The Bertz CT molecular complexity index is 354. The fourth-order valence-electron chi connectivity index (χ4n) is 1.52. The van der Waals surface area contributed by atoms with Crippen LogP contribution in [0.5, 0.6) is 0 Å². The summed E-state index contributed by atoms with van der Waals surface area (Å²) < 4.78 is 32.0. The van der Waals surface area contributed by atoms with Gasteiger partial charge in [0.25, 0.3) is 0 Å². The van der Waals surface area contributed by atoms with Crippen LogP contribution in [0.15, 0.2) is 0 Å². The predicted octanol–water partition coefficient (Wildman–Crippen LogP) is 2.00. The van der Waals surface area contributed by atoms with E-state index >= 15 is 0 Å². The van der Waals surface area contributed by atoms with Gasteiger partial charge in [-0.2, -0.15) is 13.1 Å². The first-order chi connectivity index (χ1) is 8.80. The van der Waals surface area contributed by atoms with E-state index in [1.807, 2.05) is 6.92 Å². The van der Waals surface area contributed by atoms with E-state index in [-0.39, 0.29) is 18.6 Å². The van der Waals surface area contributed by atoms with E-state index < -0.39 is 16.3 Å². The minimum Gasteiger partial charge on any atom is -0.446 e. The van der Waals surface area contributed by atoms with Crippen LogP contribution in [0.3, 0.4) is 0 Å². The van der Waals surface area contributed by atoms with Gasteiger partial charge < -0.3 is 4.74 Å². The molecule has 0 aliphatic rings. The van der Waals surface area contributed by atoms with Crippen molar-refractivity contribution in [1.82, 2.24) is 9.44 Å². The third-order valence-corrected chi connectivity index (χ3v) is 3.54. The van der Waals surface area contributed by atoms with Gasteiger partial charge in [0, 0.05) is 12.4 Å². The van der Waals surface area contributed by atoms with E-state index in [0.717, 1.165) is 19.3 Å². The van der Waals surface area contributed by atoms with Crippen LogP contribution in [0, 0.1) is 5.92 Å². The summed E-state index contributed by atoms with van der Waals surface area (Å²) in [5, 5.41) is 0.